The van der Waals surface area contributed by atoms with E-state index in [2.05, 4.69) is 0 Å². The number of hydrogen-bond donors (Lipinski definition) is 1. The summed E-state index contributed by atoms with van der Waals surface area (Å²) >= 11 is 0. The highest BCUT2D eigenvalue weighted by atomic mass is 32.2. The van der Waals surface area contributed by atoms with Crippen LogP contribution in [0.1, 0.15) is 18.0 Å². The number of amides is 1. The van der Waals surface area contributed by atoms with Gasteiger partial charge in [0.15, 0.2) is 9.84 Å². The topological polar surface area (TPSA) is 80.5 Å². The molecule has 6 heteroatoms. The first-order valence-corrected chi connectivity index (χ1v) is 8.11. The molecule has 1 saturated heterocycles. The number of carbonyl (C=O) groups excluding carboxylic acids is 1. The fourth-order valence-corrected chi connectivity index (χ4v) is 3.43. The lowest BCUT2D eigenvalue weighted by Gasteiger charge is -2.23. The van der Waals surface area contributed by atoms with Crippen LogP contribution in [0.15, 0.2) is 30.3 Å². The molecule has 1 fully saturated rings. The molecule has 1 aromatic carbocycles. The lowest BCUT2D eigenvalue weighted by molar-refractivity contribution is -0.132. The van der Waals surface area contributed by atoms with Crippen molar-refractivity contribution in [2.45, 2.75) is 12.5 Å². The van der Waals surface area contributed by atoms with Crippen LogP contribution in [0.2, 0.25) is 0 Å². The summed E-state index contributed by atoms with van der Waals surface area (Å²) in [4.78, 5) is 13.8. The van der Waals surface area contributed by atoms with E-state index in [1.807, 2.05) is 18.2 Å². The Hall–Kier alpha value is -1.40. The molecule has 0 bridgehead atoms. The number of rotatable bonds is 2. The molecule has 0 radical (unpaired) electrons. The Morgan fingerprint density at radius 2 is 1.84 bits per heavy atom. The molecule has 0 unspecified atom stereocenters. The van der Waals surface area contributed by atoms with Crippen LogP contribution in [-0.2, 0) is 14.6 Å². The predicted molar refractivity (Wildman–Crippen MR) is 73.2 cm³/mol. The summed E-state index contributed by atoms with van der Waals surface area (Å²) in [6.07, 6.45) is 0.482. The molecule has 5 nitrogen and oxygen atoms in total. The van der Waals surface area contributed by atoms with Crippen molar-refractivity contribution in [1.82, 2.24) is 4.90 Å². The smallest absolute Gasteiger partial charge is 0.244 e. The van der Waals surface area contributed by atoms with Gasteiger partial charge in [0.1, 0.15) is 6.04 Å². The molecule has 2 rings (SSSR count). The highest BCUT2D eigenvalue weighted by Gasteiger charge is 2.26. The molecule has 1 atom stereocenters. The Morgan fingerprint density at radius 1 is 1.16 bits per heavy atom. The summed E-state index contributed by atoms with van der Waals surface area (Å²) < 4.78 is 23.0. The van der Waals surface area contributed by atoms with Crippen molar-refractivity contribution in [3.05, 3.63) is 35.9 Å². The molecule has 0 saturated carbocycles. The molecule has 1 aliphatic heterocycles. The first-order valence-electron chi connectivity index (χ1n) is 6.29. The van der Waals surface area contributed by atoms with Crippen LogP contribution in [0.5, 0.6) is 0 Å². The highest BCUT2D eigenvalue weighted by molar-refractivity contribution is 7.91. The number of nitrogens with zero attached hydrogens (tertiary/aromatic N) is 1. The van der Waals surface area contributed by atoms with Gasteiger partial charge in [-0.25, -0.2) is 8.42 Å². The zero-order valence-electron chi connectivity index (χ0n) is 10.7. The normalized spacial score (nSPS) is 20.6. The minimum Gasteiger partial charge on any atom is -0.340 e. The Bertz CT molecular complexity index is 542. The van der Waals surface area contributed by atoms with Gasteiger partial charge in [-0.05, 0) is 12.0 Å². The van der Waals surface area contributed by atoms with Crippen LogP contribution in [0.3, 0.4) is 0 Å². The van der Waals surface area contributed by atoms with Crippen LogP contribution < -0.4 is 5.73 Å². The molecule has 1 aromatic rings. The van der Waals surface area contributed by atoms with Crippen LogP contribution in [0.25, 0.3) is 0 Å². The summed E-state index contributed by atoms with van der Waals surface area (Å²) in [5.74, 6) is -0.0271. The molecule has 19 heavy (non-hydrogen) atoms. The summed E-state index contributed by atoms with van der Waals surface area (Å²) in [7, 11) is -3.01. The maximum atomic E-state index is 12.3. The molecule has 1 aliphatic rings. The van der Waals surface area contributed by atoms with E-state index < -0.39 is 15.9 Å². The third-order valence-corrected chi connectivity index (χ3v) is 5.01. The maximum absolute atomic E-state index is 12.3. The van der Waals surface area contributed by atoms with Crippen LogP contribution in [0.4, 0.5) is 0 Å². The van der Waals surface area contributed by atoms with Gasteiger partial charge in [0.05, 0.1) is 11.5 Å². The van der Waals surface area contributed by atoms with Crippen molar-refractivity contribution in [2.24, 2.45) is 5.73 Å². The van der Waals surface area contributed by atoms with E-state index in [1.54, 1.807) is 17.0 Å². The summed E-state index contributed by atoms with van der Waals surface area (Å²) in [5.41, 5.74) is 6.70. The number of nitrogens with two attached hydrogens (primary N) is 1. The number of carbonyl (C=O) groups is 1. The average molecular weight is 282 g/mol. The molecule has 1 amide bonds. The molecule has 0 aliphatic carbocycles. The maximum Gasteiger partial charge on any atom is 0.244 e. The van der Waals surface area contributed by atoms with E-state index in [9.17, 15) is 13.2 Å². The zero-order valence-corrected chi connectivity index (χ0v) is 11.5. The second kappa shape index (κ2) is 5.71. The summed E-state index contributed by atoms with van der Waals surface area (Å²) in [6.45, 7) is 0.695. The molecular formula is C13H18N2O3S. The standard InChI is InChI=1S/C13H18N2O3S/c14-12(11-5-2-1-3-6-11)13(16)15-7-4-9-19(17,18)10-8-15/h1-3,5-6,12H,4,7-10,14H2/t12-/m1/s1. The van der Waals surface area contributed by atoms with E-state index >= 15 is 0 Å². The Balaban J connectivity index is 2.07. The Morgan fingerprint density at radius 3 is 2.53 bits per heavy atom. The third-order valence-electron chi connectivity index (χ3n) is 3.29. The second-order valence-corrected chi connectivity index (χ2v) is 7.02. The van der Waals surface area contributed by atoms with E-state index in [-0.39, 0.29) is 24.0 Å². The molecule has 0 aromatic heterocycles. The first-order chi connectivity index (χ1) is 8.99. The summed E-state index contributed by atoms with van der Waals surface area (Å²) in [5, 5.41) is 0. The fourth-order valence-electron chi connectivity index (χ4n) is 2.16. The van der Waals surface area contributed by atoms with Gasteiger partial charge in [0.25, 0.3) is 0 Å². The number of hydrogen-bond acceptors (Lipinski definition) is 4. The van der Waals surface area contributed by atoms with Crippen molar-refractivity contribution in [3.63, 3.8) is 0 Å². The van der Waals surface area contributed by atoms with E-state index in [1.165, 1.54) is 0 Å². The summed E-state index contributed by atoms with van der Waals surface area (Å²) in [6, 6.07) is 8.40. The van der Waals surface area contributed by atoms with E-state index in [0.717, 1.165) is 5.56 Å². The van der Waals surface area contributed by atoms with Gasteiger partial charge in [0, 0.05) is 13.1 Å². The molecule has 2 N–H and O–H groups in total. The van der Waals surface area contributed by atoms with Gasteiger partial charge >= 0.3 is 0 Å². The number of benzene rings is 1. The quantitative estimate of drug-likeness (QED) is 0.848. The van der Waals surface area contributed by atoms with Gasteiger partial charge in [-0.1, -0.05) is 30.3 Å². The van der Waals surface area contributed by atoms with Crippen LogP contribution in [0, 0.1) is 0 Å². The molecular weight excluding hydrogens is 264 g/mol. The number of sulfone groups is 1. The highest BCUT2D eigenvalue weighted by Crippen LogP contribution is 2.15. The molecule has 1 heterocycles. The average Bonchev–Trinajstić information content (AvgIpc) is 2.59. The fraction of sp³-hybridized carbons (Fsp3) is 0.462. The minimum atomic E-state index is -3.01. The predicted octanol–water partition coefficient (Wildman–Crippen LogP) is 0.334. The van der Waals surface area contributed by atoms with Crippen LogP contribution >= 0.6 is 0 Å². The monoisotopic (exact) mass is 282 g/mol. The SMILES string of the molecule is N[C@@H](C(=O)N1CCCS(=O)(=O)CC1)c1ccccc1. The second-order valence-electron chi connectivity index (χ2n) is 4.72. The van der Waals surface area contributed by atoms with Gasteiger partial charge in [-0.3, -0.25) is 4.79 Å². The van der Waals surface area contributed by atoms with Gasteiger partial charge in [-0.15, -0.1) is 0 Å². The molecule has 104 valence electrons. The van der Waals surface area contributed by atoms with Crippen molar-refractivity contribution < 1.29 is 13.2 Å². The van der Waals surface area contributed by atoms with Crippen molar-refractivity contribution in [1.29, 1.82) is 0 Å². The lowest BCUT2D eigenvalue weighted by atomic mass is 10.1. The van der Waals surface area contributed by atoms with E-state index in [4.69, 9.17) is 5.73 Å². The first kappa shape index (κ1) is 14.0. The third kappa shape index (κ3) is 3.54. The Kier molecular flexibility index (Phi) is 4.21. The van der Waals surface area contributed by atoms with Gasteiger partial charge in [0.2, 0.25) is 5.91 Å². The van der Waals surface area contributed by atoms with Crippen molar-refractivity contribution in [2.75, 3.05) is 24.6 Å². The van der Waals surface area contributed by atoms with Crippen molar-refractivity contribution in [3.8, 4) is 0 Å². The zero-order chi connectivity index (χ0) is 13.9. The minimum absolute atomic E-state index is 0.0280. The Labute approximate surface area is 113 Å². The lowest BCUT2D eigenvalue weighted by Crippen LogP contribution is -2.40. The van der Waals surface area contributed by atoms with E-state index in [0.29, 0.717) is 13.0 Å². The van der Waals surface area contributed by atoms with Crippen LogP contribution in [-0.4, -0.2) is 43.8 Å². The van der Waals surface area contributed by atoms with Gasteiger partial charge < -0.3 is 10.6 Å². The molecule has 0 spiro atoms. The largest absolute Gasteiger partial charge is 0.340 e. The van der Waals surface area contributed by atoms with Crippen molar-refractivity contribution >= 4 is 15.7 Å². The van der Waals surface area contributed by atoms with Gasteiger partial charge in [-0.2, -0.15) is 0 Å².